The van der Waals surface area contributed by atoms with Gasteiger partial charge in [0.1, 0.15) is 0 Å². The number of aliphatic carboxylic acids is 1. The highest BCUT2D eigenvalue weighted by atomic mass is 35.5. The maximum absolute atomic E-state index is 9.60. The first-order valence-electron chi connectivity index (χ1n) is 7.25. The van der Waals surface area contributed by atoms with Crippen molar-refractivity contribution in [3.05, 3.63) is 12.2 Å². The Bertz CT molecular complexity index is 267. The van der Waals surface area contributed by atoms with E-state index in [9.17, 15) is 4.79 Å². The molecule has 0 saturated carbocycles. The summed E-state index contributed by atoms with van der Waals surface area (Å²) in [5.74, 6) is -0.935. The lowest BCUT2D eigenvalue weighted by atomic mass is 10.3. The lowest BCUT2D eigenvalue weighted by Crippen LogP contribution is -3.00. The highest BCUT2D eigenvalue weighted by molar-refractivity contribution is 5.84. The van der Waals surface area contributed by atoms with Crippen molar-refractivity contribution in [3.63, 3.8) is 0 Å². The molecule has 0 aliphatic carbocycles. The van der Waals surface area contributed by atoms with E-state index in [0.717, 1.165) is 17.4 Å². The average Bonchev–Trinajstić information content (AvgIpc) is 2.32. The van der Waals surface area contributed by atoms with Crippen LogP contribution >= 0.6 is 0 Å². The van der Waals surface area contributed by atoms with Gasteiger partial charge in [-0.1, -0.05) is 33.3 Å². The number of halogens is 1. The molecule has 0 saturated heterocycles. The van der Waals surface area contributed by atoms with Crippen molar-refractivity contribution in [2.45, 2.75) is 52.7 Å². The molecule has 0 aliphatic heterocycles. The Morgan fingerprint density at radius 2 is 1.76 bits per heavy atom. The van der Waals surface area contributed by atoms with Crippen LogP contribution in [0.25, 0.3) is 0 Å². The standard InChI is InChI=1S/C11H27N2O.C4H6O2.ClH/c1-6-8-9-10-12-14-11(7-2)13(3,4)5;1-3(2)4(5)6;/h11-12H,6-10H2,1-5H3;1H2,2H3,(H,5,6);1H/q+1;;/p-1. The molecule has 0 bridgehead atoms. The highest BCUT2D eigenvalue weighted by Gasteiger charge is 2.22. The SMILES string of the molecule is C=C(C)C(=O)O.CCCCCNOC(CC)[N+](C)(C)C.[Cl-]. The molecular formula is C15H33ClN2O3. The second-order valence-corrected chi connectivity index (χ2v) is 5.78. The fourth-order valence-corrected chi connectivity index (χ4v) is 1.39. The number of hydrogen-bond acceptors (Lipinski definition) is 3. The first-order valence-corrected chi connectivity index (χ1v) is 7.25. The van der Waals surface area contributed by atoms with Crippen molar-refractivity contribution in [1.82, 2.24) is 5.48 Å². The number of carboxylic acids is 1. The van der Waals surface area contributed by atoms with Crippen molar-refractivity contribution in [2.75, 3.05) is 27.7 Å². The first kappa shape index (κ1) is 25.3. The fraction of sp³-hybridized carbons (Fsp3) is 0.800. The quantitative estimate of drug-likeness (QED) is 0.203. The Kier molecular flexibility index (Phi) is 17.3. The molecule has 0 aliphatic rings. The zero-order chi connectivity index (χ0) is 16.2. The van der Waals surface area contributed by atoms with Crippen molar-refractivity contribution < 1.29 is 31.6 Å². The van der Waals surface area contributed by atoms with Gasteiger partial charge in [-0.3, -0.25) is 0 Å². The molecular weight excluding hydrogens is 292 g/mol. The van der Waals surface area contributed by atoms with E-state index in [1.165, 1.54) is 26.2 Å². The second-order valence-electron chi connectivity index (χ2n) is 5.78. The number of carboxylic acid groups (broad SMARTS) is 1. The Morgan fingerprint density at radius 1 is 1.29 bits per heavy atom. The molecule has 1 unspecified atom stereocenters. The van der Waals surface area contributed by atoms with E-state index < -0.39 is 5.97 Å². The third-order valence-corrected chi connectivity index (χ3v) is 2.68. The van der Waals surface area contributed by atoms with Crippen LogP contribution in [0, 0.1) is 0 Å². The third kappa shape index (κ3) is 17.3. The minimum atomic E-state index is -0.935. The molecule has 21 heavy (non-hydrogen) atoms. The van der Waals surface area contributed by atoms with Crippen molar-refractivity contribution in [1.29, 1.82) is 0 Å². The molecule has 0 aromatic heterocycles. The van der Waals surface area contributed by atoms with Crippen LogP contribution in [0.1, 0.15) is 46.5 Å². The molecule has 128 valence electrons. The van der Waals surface area contributed by atoms with Gasteiger partial charge in [-0.25, -0.2) is 9.63 Å². The minimum Gasteiger partial charge on any atom is -1.00 e. The molecule has 6 heteroatoms. The van der Waals surface area contributed by atoms with Gasteiger partial charge >= 0.3 is 5.97 Å². The number of carbonyl (C=O) groups is 1. The topological polar surface area (TPSA) is 58.6 Å². The molecule has 5 nitrogen and oxygen atoms in total. The molecule has 0 fully saturated rings. The summed E-state index contributed by atoms with van der Waals surface area (Å²) in [5.41, 5.74) is 3.24. The Hall–Kier alpha value is -0.620. The number of nitrogens with one attached hydrogen (secondary N) is 1. The number of quaternary nitrogens is 1. The van der Waals surface area contributed by atoms with Gasteiger partial charge in [0.05, 0.1) is 21.1 Å². The Labute approximate surface area is 136 Å². The van der Waals surface area contributed by atoms with Crippen LogP contribution < -0.4 is 17.9 Å². The molecule has 2 N–H and O–H groups in total. The van der Waals surface area contributed by atoms with Gasteiger partial charge in [0.2, 0.25) is 6.23 Å². The van der Waals surface area contributed by atoms with Crippen LogP contribution in [-0.4, -0.2) is 49.5 Å². The second kappa shape index (κ2) is 14.3. The van der Waals surface area contributed by atoms with E-state index >= 15 is 0 Å². The van der Waals surface area contributed by atoms with Crippen molar-refractivity contribution >= 4 is 5.97 Å². The maximum atomic E-state index is 9.60. The molecule has 0 rings (SSSR count). The molecule has 1 atom stereocenters. The number of unbranched alkanes of at least 4 members (excludes halogenated alkanes) is 2. The van der Waals surface area contributed by atoms with Crippen LogP contribution in [0.15, 0.2) is 12.2 Å². The fourth-order valence-electron chi connectivity index (χ4n) is 1.39. The van der Waals surface area contributed by atoms with Crippen molar-refractivity contribution in [2.24, 2.45) is 0 Å². The van der Waals surface area contributed by atoms with E-state index in [0.29, 0.717) is 0 Å². The Morgan fingerprint density at radius 3 is 2.05 bits per heavy atom. The van der Waals surface area contributed by atoms with Gasteiger partial charge in [0, 0.05) is 18.5 Å². The van der Waals surface area contributed by atoms with E-state index in [1.807, 2.05) is 0 Å². The van der Waals surface area contributed by atoms with E-state index in [4.69, 9.17) is 9.94 Å². The van der Waals surface area contributed by atoms with Crippen LogP contribution in [0.5, 0.6) is 0 Å². The molecule has 0 heterocycles. The van der Waals surface area contributed by atoms with E-state index in [-0.39, 0.29) is 24.2 Å². The summed E-state index contributed by atoms with van der Waals surface area (Å²) in [6, 6.07) is 0. The lowest BCUT2D eigenvalue weighted by molar-refractivity contribution is -0.922. The van der Waals surface area contributed by atoms with Crippen LogP contribution in [0.4, 0.5) is 0 Å². The zero-order valence-corrected chi connectivity index (χ0v) is 15.2. The number of hydroxylamine groups is 1. The number of nitrogens with zero attached hydrogens (tertiary/aromatic N) is 1. The summed E-state index contributed by atoms with van der Waals surface area (Å²) >= 11 is 0. The summed E-state index contributed by atoms with van der Waals surface area (Å²) in [5, 5.41) is 7.89. The smallest absolute Gasteiger partial charge is 0.330 e. The summed E-state index contributed by atoms with van der Waals surface area (Å²) < 4.78 is 0.845. The van der Waals surface area contributed by atoms with Crippen LogP contribution in [0.3, 0.4) is 0 Å². The van der Waals surface area contributed by atoms with E-state index in [1.54, 1.807) is 0 Å². The van der Waals surface area contributed by atoms with Gasteiger partial charge < -0.3 is 22.0 Å². The van der Waals surface area contributed by atoms with Crippen LogP contribution in [-0.2, 0) is 9.63 Å². The zero-order valence-electron chi connectivity index (χ0n) is 14.4. The number of hydrogen-bond donors (Lipinski definition) is 2. The average molecular weight is 325 g/mol. The third-order valence-electron chi connectivity index (χ3n) is 2.68. The molecule has 0 aromatic carbocycles. The molecule has 0 amide bonds. The molecule has 0 spiro atoms. The minimum absolute atomic E-state index is 0. The summed E-state index contributed by atoms with van der Waals surface area (Å²) in [6.07, 6.45) is 5.01. The summed E-state index contributed by atoms with van der Waals surface area (Å²) in [4.78, 5) is 15.2. The monoisotopic (exact) mass is 324 g/mol. The van der Waals surface area contributed by atoms with Gasteiger partial charge in [-0.05, 0) is 13.3 Å². The van der Waals surface area contributed by atoms with Gasteiger partial charge in [-0.15, -0.1) is 0 Å². The van der Waals surface area contributed by atoms with E-state index in [2.05, 4.69) is 47.0 Å². The first-order chi connectivity index (χ1) is 9.16. The van der Waals surface area contributed by atoms with Gasteiger partial charge in [0.25, 0.3) is 0 Å². The Balaban J connectivity index is -0.000000394. The van der Waals surface area contributed by atoms with Crippen molar-refractivity contribution in [3.8, 4) is 0 Å². The van der Waals surface area contributed by atoms with Gasteiger partial charge in [0.15, 0.2) is 0 Å². The summed E-state index contributed by atoms with van der Waals surface area (Å²) in [7, 11) is 6.46. The predicted octanol–water partition coefficient (Wildman–Crippen LogP) is -0.209. The maximum Gasteiger partial charge on any atom is 0.330 e. The normalized spacial score (nSPS) is 11.7. The molecule has 0 aromatic rings. The largest absolute Gasteiger partial charge is 1.00 e. The van der Waals surface area contributed by atoms with Crippen LogP contribution in [0.2, 0.25) is 0 Å². The number of rotatable bonds is 9. The predicted molar refractivity (Wildman–Crippen MR) is 83.2 cm³/mol. The summed E-state index contributed by atoms with van der Waals surface area (Å²) in [6.45, 7) is 9.93. The van der Waals surface area contributed by atoms with Gasteiger partial charge in [-0.2, -0.15) is 5.48 Å². The lowest BCUT2D eigenvalue weighted by Gasteiger charge is -2.32. The molecule has 0 radical (unpaired) electrons. The highest BCUT2D eigenvalue weighted by Crippen LogP contribution is 2.07.